The number of benzene rings is 1. The average Bonchev–Trinajstić information content (AvgIpc) is 3.00. The summed E-state index contributed by atoms with van der Waals surface area (Å²) in [6.07, 6.45) is 5.01. The van der Waals surface area contributed by atoms with E-state index in [0.717, 1.165) is 29.2 Å². The molecule has 2 aliphatic rings. The molecule has 2 bridgehead atoms. The molecule has 0 heterocycles. The van der Waals surface area contributed by atoms with Gasteiger partial charge in [-0.05, 0) is 61.8 Å². The number of fused-ring (bicyclic) bond motifs is 2. The van der Waals surface area contributed by atoms with Crippen LogP contribution in [0.5, 0.6) is 5.75 Å². The maximum Gasteiger partial charge on any atom is 0.166 e. The first-order valence-corrected chi connectivity index (χ1v) is 6.88. The molecular formula is C16H20O2. The van der Waals surface area contributed by atoms with E-state index >= 15 is 0 Å². The fourth-order valence-electron chi connectivity index (χ4n) is 3.81. The maximum absolute atomic E-state index is 12.5. The molecule has 0 radical (unpaired) electrons. The molecule has 2 aliphatic carbocycles. The Morgan fingerprint density at radius 3 is 2.67 bits per heavy atom. The number of ether oxygens (including phenoxy) is 1. The normalized spacial score (nSPS) is 29.6. The Balaban J connectivity index is 1.82. The van der Waals surface area contributed by atoms with Crippen LogP contribution in [-0.2, 0) is 0 Å². The van der Waals surface area contributed by atoms with Crippen molar-refractivity contribution in [1.82, 2.24) is 0 Å². The summed E-state index contributed by atoms with van der Waals surface area (Å²) < 4.78 is 5.24. The number of carbonyl (C=O) groups excluding carboxylic acids is 1. The number of carbonyl (C=O) groups is 1. The molecule has 0 aromatic heterocycles. The molecule has 2 nitrogen and oxygen atoms in total. The minimum Gasteiger partial charge on any atom is -0.496 e. The second-order valence-electron chi connectivity index (χ2n) is 5.83. The van der Waals surface area contributed by atoms with Crippen LogP contribution in [0.3, 0.4) is 0 Å². The number of aryl methyl sites for hydroxylation is 1. The van der Waals surface area contributed by atoms with Gasteiger partial charge in [-0.2, -0.15) is 0 Å². The number of hydrogen-bond donors (Lipinski definition) is 0. The molecule has 0 spiro atoms. The number of hydrogen-bond acceptors (Lipinski definition) is 2. The van der Waals surface area contributed by atoms with Crippen molar-refractivity contribution in [1.29, 1.82) is 0 Å². The van der Waals surface area contributed by atoms with Gasteiger partial charge in [0.25, 0.3) is 0 Å². The second-order valence-corrected chi connectivity index (χ2v) is 5.83. The van der Waals surface area contributed by atoms with Gasteiger partial charge in [0.05, 0.1) is 7.11 Å². The van der Waals surface area contributed by atoms with Crippen molar-refractivity contribution in [3.05, 3.63) is 29.3 Å². The van der Waals surface area contributed by atoms with Gasteiger partial charge in [0, 0.05) is 11.5 Å². The standard InChI is InChI=1S/C16H20O2/c1-10-7-13(5-6-15(10)18-2)16(17)14-9-11-3-4-12(14)8-11/h5-7,11-12,14H,3-4,8-9H2,1-2H3. The molecule has 3 atom stereocenters. The minimum absolute atomic E-state index is 0.288. The van der Waals surface area contributed by atoms with E-state index in [1.54, 1.807) is 7.11 Å². The molecule has 3 unspecified atom stereocenters. The first-order chi connectivity index (χ1) is 8.69. The third kappa shape index (κ3) is 1.84. The number of rotatable bonds is 3. The van der Waals surface area contributed by atoms with Gasteiger partial charge in [0.15, 0.2) is 5.78 Å². The average molecular weight is 244 g/mol. The van der Waals surface area contributed by atoms with Crippen LogP contribution in [0.25, 0.3) is 0 Å². The molecule has 2 saturated carbocycles. The molecule has 96 valence electrons. The maximum atomic E-state index is 12.5. The number of Topliss-reactive ketones (excluding diaryl/α,β-unsaturated/α-hetero) is 1. The van der Waals surface area contributed by atoms with Gasteiger partial charge in [0.2, 0.25) is 0 Å². The Morgan fingerprint density at radius 1 is 1.28 bits per heavy atom. The summed E-state index contributed by atoms with van der Waals surface area (Å²) in [6.45, 7) is 2.00. The van der Waals surface area contributed by atoms with Crippen molar-refractivity contribution >= 4 is 5.78 Å². The highest BCUT2D eigenvalue weighted by atomic mass is 16.5. The van der Waals surface area contributed by atoms with Crippen LogP contribution < -0.4 is 4.74 Å². The molecule has 2 heteroatoms. The molecule has 0 amide bonds. The molecule has 1 aromatic carbocycles. The van der Waals surface area contributed by atoms with Crippen LogP contribution >= 0.6 is 0 Å². The van der Waals surface area contributed by atoms with Gasteiger partial charge in [-0.25, -0.2) is 0 Å². The third-order valence-electron chi connectivity index (χ3n) is 4.75. The molecule has 0 saturated heterocycles. The van der Waals surface area contributed by atoms with Crippen molar-refractivity contribution in [3.8, 4) is 5.75 Å². The molecule has 18 heavy (non-hydrogen) atoms. The first-order valence-electron chi connectivity index (χ1n) is 6.88. The Bertz CT molecular complexity index is 478. The molecule has 0 aliphatic heterocycles. The largest absolute Gasteiger partial charge is 0.496 e. The molecule has 1 aromatic rings. The highest BCUT2D eigenvalue weighted by molar-refractivity contribution is 5.98. The smallest absolute Gasteiger partial charge is 0.166 e. The summed E-state index contributed by atoms with van der Waals surface area (Å²) in [5.74, 6) is 2.98. The summed E-state index contributed by atoms with van der Waals surface area (Å²) in [7, 11) is 1.67. The lowest BCUT2D eigenvalue weighted by atomic mass is 9.83. The van der Waals surface area contributed by atoms with E-state index in [-0.39, 0.29) is 5.92 Å². The first kappa shape index (κ1) is 11.8. The molecule has 2 fully saturated rings. The Labute approximate surface area is 108 Å². The van der Waals surface area contributed by atoms with Crippen molar-refractivity contribution in [2.24, 2.45) is 17.8 Å². The lowest BCUT2D eigenvalue weighted by Gasteiger charge is -2.20. The van der Waals surface area contributed by atoms with E-state index in [9.17, 15) is 4.79 Å². The van der Waals surface area contributed by atoms with E-state index in [1.807, 2.05) is 25.1 Å². The highest BCUT2D eigenvalue weighted by Gasteiger charge is 2.43. The van der Waals surface area contributed by atoms with Gasteiger partial charge < -0.3 is 4.74 Å². The van der Waals surface area contributed by atoms with Crippen molar-refractivity contribution in [2.45, 2.75) is 32.6 Å². The van der Waals surface area contributed by atoms with E-state index in [2.05, 4.69) is 0 Å². The fraction of sp³-hybridized carbons (Fsp3) is 0.562. The summed E-state index contributed by atoms with van der Waals surface area (Å²) in [5.41, 5.74) is 1.91. The van der Waals surface area contributed by atoms with Crippen LogP contribution in [0, 0.1) is 24.7 Å². The van der Waals surface area contributed by atoms with Crippen LogP contribution in [0.15, 0.2) is 18.2 Å². The molecule has 0 N–H and O–H groups in total. The van der Waals surface area contributed by atoms with Crippen LogP contribution in [-0.4, -0.2) is 12.9 Å². The van der Waals surface area contributed by atoms with Gasteiger partial charge in [-0.15, -0.1) is 0 Å². The van der Waals surface area contributed by atoms with E-state index in [1.165, 1.54) is 19.3 Å². The quantitative estimate of drug-likeness (QED) is 0.759. The van der Waals surface area contributed by atoms with Gasteiger partial charge in [-0.3, -0.25) is 4.79 Å². The summed E-state index contributed by atoms with van der Waals surface area (Å²) >= 11 is 0. The lowest BCUT2D eigenvalue weighted by molar-refractivity contribution is 0.0874. The lowest BCUT2D eigenvalue weighted by Crippen LogP contribution is -2.21. The monoisotopic (exact) mass is 244 g/mol. The summed E-state index contributed by atoms with van der Waals surface area (Å²) in [5, 5.41) is 0. The zero-order valence-corrected chi connectivity index (χ0v) is 11.1. The Morgan fingerprint density at radius 2 is 2.11 bits per heavy atom. The summed E-state index contributed by atoms with van der Waals surface area (Å²) in [4.78, 5) is 12.5. The predicted octanol–water partition coefficient (Wildman–Crippen LogP) is 3.62. The Hall–Kier alpha value is -1.31. The molecular weight excluding hydrogens is 224 g/mol. The Kier molecular flexibility index (Phi) is 2.89. The topological polar surface area (TPSA) is 26.3 Å². The fourth-order valence-corrected chi connectivity index (χ4v) is 3.81. The zero-order chi connectivity index (χ0) is 12.7. The number of ketones is 1. The van der Waals surface area contributed by atoms with Gasteiger partial charge >= 0.3 is 0 Å². The van der Waals surface area contributed by atoms with Gasteiger partial charge in [-0.1, -0.05) is 6.42 Å². The van der Waals surface area contributed by atoms with Gasteiger partial charge in [0.1, 0.15) is 5.75 Å². The van der Waals surface area contributed by atoms with Crippen molar-refractivity contribution < 1.29 is 9.53 Å². The van der Waals surface area contributed by atoms with E-state index < -0.39 is 0 Å². The predicted molar refractivity (Wildman–Crippen MR) is 71.0 cm³/mol. The van der Waals surface area contributed by atoms with E-state index in [0.29, 0.717) is 11.7 Å². The molecule has 3 rings (SSSR count). The minimum atomic E-state index is 0.288. The van der Waals surface area contributed by atoms with Crippen LogP contribution in [0.2, 0.25) is 0 Å². The van der Waals surface area contributed by atoms with Crippen LogP contribution in [0.1, 0.15) is 41.6 Å². The van der Waals surface area contributed by atoms with Crippen molar-refractivity contribution in [2.75, 3.05) is 7.11 Å². The van der Waals surface area contributed by atoms with Crippen molar-refractivity contribution in [3.63, 3.8) is 0 Å². The SMILES string of the molecule is COc1ccc(C(=O)C2CC3CCC2C3)cc1C. The highest BCUT2D eigenvalue weighted by Crippen LogP contribution is 2.49. The second kappa shape index (κ2) is 4.42. The van der Waals surface area contributed by atoms with Crippen LogP contribution in [0.4, 0.5) is 0 Å². The zero-order valence-electron chi connectivity index (χ0n) is 11.1. The number of methoxy groups -OCH3 is 1. The summed E-state index contributed by atoms with van der Waals surface area (Å²) in [6, 6.07) is 5.81. The van der Waals surface area contributed by atoms with E-state index in [4.69, 9.17) is 4.74 Å². The third-order valence-corrected chi connectivity index (χ3v) is 4.75.